The van der Waals surface area contributed by atoms with E-state index < -0.39 is 0 Å². The molecule has 0 bridgehead atoms. The van der Waals surface area contributed by atoms with Crippen LogP contribution in [0, 0.1) is 0 Å². The minimum atomic E-state index is 0.427. The Morgan fingerprint density at radius 1 is 0.446 bits per heavy atom. The van der Waals surface area contributed by atoms with Crippen molar-refractivity contribution in [2.45, 2.75) is 77.0 Å². The molecule has 0 fully saturated rings. The summed E-state index contributed by atoms with van der Waals surface area (Å²) in [6, 6.07) is 7.29. The quantitative estimate of drug-likeness (QED) is 0.0216. The fourth-order valence-corrected chi connectivity index (χ4v) is 8.18. The minimum absolute atomic E-state index is 0.427. The van der Waals surface area contributed by atoms with Gasteiger partial charge in [-0.15, -0.1) is 0 Å². The number of nitrogens with zero attached hydrogens (tertiary/aromatic N) is 4. The number of anilines is 4. The second-order valence-electron chi connectivity index (χ2n) is 13.6. The Kier molecular flexibility index (Phi) is 20.9. The molecule has 0 radical (unpaired) electrons. The normalized spacial score (nSPS) is 11.3. The third-order valence-electron chi connectivity index (χ3n) is 9.40. The van der Waals surface area contributed by atoms with E-state index in [1.165, 1.54) is 64.2 Å². The zero-order chi connectivity index (χ0) is 39.8. The molecule has 0 atom stereocenters. The van der Waals surface area contributed by atoms with Crippen LogP contribution in [0.5, 0.6) is 23.0 Å². The summed E-state index contributed by atoms with van der Waals surface area (Å²) < 4.78 is 21.5. The molecule has 56 heavy (non-hydrogen) atoms. The van der Waals surface area contributed by atoms with Crippen LogP contribution in [0.25, 0.3) is 21.8 Å². The van der Waals surface area contributed by atoms with E-state index in [0.29, 0.717) is 46.5 Å². The number of hydrogen-bond acceptors (Lipinski definition) is 16. The number of nitrogens with two attached hydrogens (primary N) is 2. The lowest BCUT2D eigenvalue weighted by molar-refractivity contribution is 0.356. The molecule has 0 aliphatic carbocycles. The summed E-state index contributed by atoms with van der Waals surface area (Å²) >= 11 is 0. The van der Waals surface area contributed by atoms with Crippen molar-refractivity contribution in [3.8, 4) is 23.0 Å². The van der Waals surface area contributed by atoms with E-state index in [4.69, 9.17) is 30.4 Å². The Morgan fingerprint density at radius 2 is 0.786 bits per heavy atom. The van der Waals surface area contributed by atoms with Crippen LogP contribution in [0.2, 0.25) is 0 Å². The Hall–Kier alpha value is -3.86. The first-order valence-electron chi connectivity index (χ1n) is 20.0. The third-order valence-corrected chi connectivity index (χ3v) is 11.8. The molecule has 4 rings (SSSR count). The van der Waals surface area contributed by atoms with Gasteiger partial charge in [0.15, 0.2) is 23.0 Å². The SMILES string of the molecule is COc1cc2nc(NCCCCCCCCNCCSSCCNCCCCCCCCNc3nc(N)c4cc(OC)c(OC)cc4n3)nc(N)c2cc1OC. The molecule has 0 aliphatic rings. The Morgan fingerprint density at radius 3 is 1.16 bits per heavy atom. The van der Waals surface area contributed by atoms with Crippen LogP contribution in [-0.4, -0.2) is 99.1 Å². The van der Waals surface area contributed by atoms with Crippen molar-refractivity contribution < 1.29 is 18.9 Å². The van der Waals surface area contributed by atoms with Crippen molar-refractivity contribution in [3.63, 3.8) is 0 Å². The first kappa shape index (κ1) is 44.8. The van der Waals surface area contributed by atoms with E-state index >= 15 is 0 Å². The molecule has 2 aromatic carbocycles. The predicted octanol–water partition coefficient (Wildman–Crippen LogP) is 7.54. The van der Waals surface area contributed by atoms with E-state index in [9.17, 15) is 0 Å². The van der Waals surface area contributed by atoms with Crippen LogP contribution in [-0.2, 0) is 0 Å². The average molecular weight is 813 g/mol. The summed E-state index contributed by atoms with van der Waals surface area (Å²) in [6.45, 7) is 6.00. The maximum absolute atomic E-state index is 6.19. The molecule has 2 heterocycles. The molecular formula is C40H64N10O4S2. The Labute approximate surface area is 340 Å². The predicted molar refractivity (Wildman–Crippen MR) is 237 cm³/mol. The lowest BCUT2D eigenvalue weighted by atomic mass is 10.1. The molecule has 0 saturated carbocycles. The van der Waals surface area contributed by atoms with Gasteiger partial charge in [-0.05, 0) is 50.9 Å². The van der Waals surface area contributed by atoms with Gasteiger partial charge >= 0.3 is 0 Å². The number of fused-ring (bicyclic) bond motifs is 2. The summed E-state index contributed by atoms with van der Waals surface area (Å²) in [4.78, 5) is 18.0. The maximum atomic E-state index is 6.19. The Balaban J connectivity index is 0.865. The second-order valence-corrected chi connectivity index (χ2v) is 16.3. The molecule has 2 aromatic heterocycles. The molecule has 0 saturated heterocycles. The van der Waals surface area contributed by atoms with Crippen LogP contribution in [0.3, 0.4) is 0 Å². The van der Waals surface area contributed by atoms with Crippen LogP contribution in [0.4, 0.5) is 23.5 Å². The fourth-order valence-electron chi connectivity index (χ4n) is 6.28. The van der Waals surface area contributed by atoms with Crippen molar-refractivity contribution in [2.24, 2.45) is 0 Å². The van der Waals surface area contributed by atoms with Crippen molar-refractivity contribution in [1.29, 1.82) is 0 Å². The molecule has 0 spiro atoms. The number of hydrogen-bond donors (Lipinski definition) is 6. The lowest BCUT2D eigenvalue weighted by Crippen LogP contribution is -2.19. The fraction of sp³-hybridized carbons (Fsp3) is 0.600. The maximum Gasteiger partial charge on any atom is 0.225 e. The second kappa shape index (κ2) is 26.1. The van der Waals surface area contributed by atoms with E-state index in [2.05, 4.69) is 41.2 Å². The van der Waals surface area contributed by atoms with Crippen LogP contribution in [0.15, 0.2) is 24.3 Å². The van der Waals surface area contributed by atoms with Crippen LogP contribution in [0.1, 0.15) is 77.0 Å². The highest BCUT2D eigenvalue weighted by molar-refractivity contribution is 8.76. The number of rotatable bonds is 31. The summed E-state index contributed by atoms with van der Waals surface area (Å²) in [5.41, 5.74) is 13.8. The highest BCUT2D eigenvalue weighted by Gasteiger charge is 2.13. The van der Waals surface area contributed by atoms with Gasteiger partial charge < -0.3 is 51.7 Å². The highest BCUT2D eigenvalue weighted by atomic mass is 33.1. The zero-order valence-corrected chi connectivity index (χ0v) is 35.5. The van der Waals surface area contributed by atoms with E-state index in [1.807, 2.05) is 45.9 Å². The van der Waals surface area contributed by atoms with Gasteiger partial charge in [0.2, 0.25) is 11.9 Å². The summed E-state index contributed by atoms with van der Waals surface area (Å²) in [5, 5.41) is 15.3. The summed E-state index contributed by atoms with van der Waals surface area (Å²) in [6.07, 6.45) is 14.6. The number of benzene rings is 2. The van der Waals surface area contributed by atoms with Gasteiger partial charge in [0.05, 0.1) is 39.5 Å². The van der Waals surface area contributed by atoms with Gasteiger partial charge in [-0.25, -0.2) is 9.97 Å². The minimum Gasteiger partial charge on any atom is -0.493 e. The molecule has 0 amide bonds. The van der Waals surface area contributed by atoms with Gasteiger partial charge in [0.1, 0.15) is 11.6 Å². The number of nitrogen functional groups attached to an aromatic ring is 2. The standard InChI is InChI=1S/C40H64N10O4S2/c1-51-33-25-29-31(27-35(33)53-3)47-39(49-37(29)41)45-19-15-11-7-5-9-13-17-43-21-23-55-56-24-22-44-18-14-10-6-8-12-16-20-46-40-48-32-28-36(54-4)34(52-2)26-30(32)38(42)50-40/h25-28,43-44H,5-24H2,1-4H3,(H3,41,45,47,49)(H3,42,46,48,50). The first-order valence-corrected chi connectivity index (χ1v) is 22.5. The van der Waals surface area contributed by atoms with Crippen molar-refractivity contribution in [2.75, 3.05) is 101 Å². The molecule has 16 heteroatoms. The van der Waals surface area contributed by atoms with Crippen molar-refractivity contribution in [1.82, 2.24) is 30.6 Å². The van der Waals surface area contributed by atoms with Gasteiger partial charge in [0, 0.05) is 60.6 Å². The largest absolute Gasteiger partial charge is 0.493 e. The molecule has 4 aromatic rings. The van der Waals surface area contributed by atoms with Gasteiger partial charge in [-0.1, -0.05) is 73.0 Å². The highest BCUT2D eigenvalue weighted by Crippen LogP contribution is 2.35. The van der Waals surface area contributed by atoms with Crippen molar-refractivity contribution in [3.05, 3.63) is 24.3 Å². The molecule has 0 unspecified atom stereocenters. The lowest BCUT2D eigenvalue weighted by Gasteiger charge is -2.11. The van der Waals surface area contributed by atoms with E-state index in [1.54, 1.807) is 28.4 Å². The number of aromatic nitrogens is 4. The molecule has 310 valence electrons. The van der Waals surface area contributed by atoms with Crippen LogP contribution >= 0.6 is 21.6 Å². The molecule has 14 nitrogen and oxygen atoms in total. The number of methoxy groups -OCH3 is 4. The molecular weight excluding hydrogens is 749 g/mol. The topological polar surface area (TPSA) is 189 Å². The molecule has 0 aliphatic heterocycles. The number of ether oxygens (including phenoxy) is 4. The van der Waals surface area contributed by atoms with Crippen LogP contribution < -0.4 is 51.7 Å². The smallest absolute Gasteiger partial charge is 0.225 e. The monoisotopic (exact) mass is 812 g/mol. The van der Waals surface area contributed by atoms with Gasteiger partial charge in [0.25, 0.3) is 0 Å². The zero-order valence-electron chi connectivity index (χ0n) is 33.8. The average Bonchev–Trinajstić information content (AvgIpc) is 3.21. The first-order chi connectivity index (χ1) is 27.5. The number of nitrogens with one attached hydrogen (secondary N) is 4. The van der Waals surface area contributed by atoms with Gasteiger partial charge in [-0.3, -0.25) is 0 Å². The Bertz CT molecular complexity index is 1610. The summed E-state index contributed by atoms with van der Waals surface area (Å²) in [5.74, 6) is 6.70. The summed E-state index contributed by atoms with van der Waals surface area (Å²) in [7, 11) is 10.4. The van der Waals surface area contributed by atoms with Crippen molar-refractivity contribution >= 4 is 66.9 Å². The van der Waals surface area contributed by atoms with E-state index in [-0.39, 0.29) is 0 Å². The number of unbranched alkanes of at least 4 members (excludes halogenated alkanes) is 10. The van der Waals surface area contributed by atoms with Gasteiger partial charge in [-0.2, -0.15) is 9.97 Å². The third kappa shape index (κ3) is 15.2. The van der Waals surface area contributed by atoms with E-state index in [0.717, 1.165) is 85.4 Å². The molecule has 8 N–H and O–H groups in total.